The van der Waals surface area contributed by atoms with Crippen LogP contribution in [0.15, 0.2) is 11.6 Å². The second kappa shape index (κ2) is 6.44. The summed E-state index contributed by atoms with van der Waals surface area (Å²) in [7, 11) is 1.71. The molecule has 0 amide bonds. The Morgan fingerprint density at radius 2 is 2.08 bits per heavy atom. The first-order valence-electron chi connectivity index (χ1n) is 4.79. The molecule has 0 spiro atoms. The number of methoxy groups -OCH3 is 1. The number of rotatable bonds is 6. The molecule has 1 nitrogen and oxygen atoms in total. The summed E-state index contributed by atoms with van der Waals surface area (Å²) in [5.74, 6) is 0. The largest absolute Gasteiger partial charge is 0.381 e. The summed E-state index contributed by atoms with van der Waals surface area (Å²) < 4.78 is 4.96. The fourth-order valence-electron chi connectivity index (χ4n) is 1.12. The topological polar surface area (TPSA) is 9.23 Å². The molecule has 0 radical (unpaired) electrons. The number of hydrogen-bond acceptors (Lipinski definition) is 1. The highest BCUT2D eigenvalue weighted by Gasteiger charge is 2.11. The van der Waals surface area contributed by atoms with Crippen LogP contribution in [0.5, 0.6) is 0 Å². The third-order valence-corrected chi connectivity index (χ3v) is 2.13. The molecule has 78 valence electrons. The van der Waals surface area contributed by atoms with Crippen LogP contribution in [0.25, 0.3) is 0 Å². The van der Waals surface area contributed by atoms with Crippen LogP contribution >= 0.6 is 11.6 Å². The Kier molecular flexibility index (Phi) is 6.44. The van der Waals surface area contributed by atoms with Gasteiger partial charge in [-0.2, -0.15) is 0 Å². The highest BCUT2D eigenvalue weighted by atomic mass is 35.5. The third-order valence-electron chi connectivity index (χ3n) is 1.94. The van der Waals surface area contributed by atoms with Crippen molar-refractivity contribution in [2.45, 2.75) is 44.9 Å². The monoisotopic (exact) mass is 204 g/mol. The minimum Gasteiger partial charge on any atom is -0.381 e. The average Bonchev–Trinajstić information content (AvgIpc) is 1.98. The van der Waals surface area contributed by atoms with E-state index in [1.165, 1.54) is 5.57 Å². The maximum absolute atomic E-state index is 6.08. The quantitative estimate of drug-likeness (QED) is 0.473. The summed E-state index contributed by atoms with van der Waals surface area (Å²) >= 11 is 6.08. The minimum absolute atomic E-state index is 0.0540. The first-order chi connectivity index (χ1) is 5.95. The van der Waals surface area contributed by atoms with Crippen LogP contribution in [-0.2, 0) is 4.74 Å². The van der Waals surface area contributed by atoms with Gasteiger partial charge in [0.25, 0.3) is 0 Å². The van der Waals surface area contributed by atoms with Crippen molar-refractivity contribution >= 4 is 11.6 Å². The molecule has 0 saturated carbocycles. The Labute approximate surface area is 87.1 Å². The van der Waals surface area contributed by atoms with E-state index >= 15 is 0 Å². The van der Waals surface area contributed by atoms with Crippen molar-refractivity contribution in [1.82, 2.24) is 0 Å². The standard InChI is InChI=1S/C11H21ClO/c1-10(7-9-13-4)6-5-8-11(2,3)12/h7H,5-6,8-9H2,1-4H3/b10-7+. The van der Waals surface area contributed by atoms with Crippen LogP contribution in [0.2, 0.25) is 0 Å². The second-order valence-corrected chi connectivity index (χ2v) is 5.10. The van der Waals surface area contributed by atoms with E-state index in [2.05, 4.69) is 26.8 Å². The Bertz CT molecular complexity index is 156. The van der Waals surface area contributed by atoms with E-state index in [1.807, 2.05) is 0 Å². The molecule has 0 bridgehead atoms. The number of allylic oxidation sites excluding steroid dienone is 1. The fourth-order valence-corrected chi connectivity index (χ4v) is 1.25. The van der Waals surface area contributed by atoms with Crippen molar-refractivity contribution in [2.24, 2.45) is 0 Å². The molecular weight excluding hydrogens is 184 g/mol. The van der Waals surface area contributed by atoms with Crippen LogP contribution in [-0.4, -0.2) is 18.6 Å². The lowest BCUT2D eigenvalue weighted by molar-refractivity contribution is 0.233. The van der Waals surface area contributed by atoms with Gasteiger partial charge < -0.3 is 4.74 Å². The van der Waals surface area contributed by atoms with Crippen LogP contribution in [0, 0.1) is 0 Å². The van der Waals surface area contributed by atoms with Gasteiger partial charge in [-0.15, -0.1) is 11.6 Å². The minimum atomic E-state index is -0.0540. The molecule has 0 aliphatic rings. The molecular formula is C11H21ClO. The maximum Gasteiger partial charge on any atom is 0.0646 e. The summed E-state index contributed by atoms with van der Waals surface area (Å²) in [6, 6.07) is 0. The van der Waals surface area contributed by atoms with Gasteiger partial charge in [0.15, 0.2) is 0 Å². The van der Waals surface area contributed by atoms with Crippen molar-refractivity contribution in [3.8, 4) is 0 Å². The molecule has 0 fully saturated rings. The van der Waals surface area contributed by atoms with Gasteiger partial charge in [-0.25, -0.2) is 0 Å². The molecule has 0 heterocycles. The lowest BCUT2D eigenvalue weighted by Gasteiger charge is -2.14. The molecule has 13 heavy (non-hydrogen) atoms. The molecule has 0 atom stereocenters. The summed E-state index contributed by atoms with van der Waals surface area (Å²) in [6.07, 6.45) is 5.47. The number of hydrogen-bond donors (Lipinski definition) is 0. The molecule has 0 aliphatic carbocycles. The second-order valence-electron chi connectivity index (χ2n) is 4.08. The Hall–Kier alpha value is -0.0100. The normalized spacial score (nSPS) is 13.5. The lowest BCUT2D eigenvalue weighted by atomic mass is 10.0. The van der Waals surface area contributed by atoms with Gasteiger partial charge in [0, 0.05) is 12.0 Å². The van der Waals surface area contributed by atoms with E-state index in [1.54, 1.807) is 7.11 Å². The molecule has 0 saturated heterocycles. The van der Waals surface area contributed by atoms with Gasteiger partial charge >= 0.3 is 0 Å². The molecule has 0 aromatic carbocycles. The van der Waals surface area contributed by atoms with Gasteiger partial charge in [-0.1, -0.05) is 11.6 Å². The first kappa shape index (κ1) is 13.0. The molecule has 2 heteroatoms. The average molecular weight is 205 g/mol. The highest BCUT2D eigenvalue weighted by molar-refractivity contribution is 6.23. The molecule has 0 rings (SSSR count). The molecule has 0 aliphatic heterocycles. The summed E-state index contributed by atoms with van der Waals surface area (Å²) in [5.41, 5.74) is 1.39. The third kappa shape index (κ3) is 9.91. The van der Waals surface area contributed by atoms with E-state index in [0.717, 1.165) is 25.9 Å². The van der Waals surface area contributed by atoms with Crippen molar-refractivity contribution in [1.29, 1.82) is 0 Å². The molecule has 0 aromatic heterocycles. The molecule has 0 aromatic rings. The Morgan fingerprint density at radius 1 is 1.46 bits per heavy atom. The maximum atomic E-state index is 6.08. The number of ether oxygens (including phenoxy) is 1. The summed E-state index contributed by atoms with van der Waals surface area (Å²) in [5, 5.41) is 0. The van der Waals surface area contributed by atoms with E-state index in [4.69, 9.17) is 16.3 Å². The van der Waals surface area contributed by atoms with Crippen LogP contribution in [0.3, 0.4) is 0 Å². The Balaban J connectivity index is 3.53. The van der Waals surface area contributed by atoms with Crippen LogP contribution < -0.4 is 0 Å². The predicted octanol–water partition coefficient (Wildman–Crippen LogP) is 3.77. The molecule has 0 N–H and O–H groups in total. The Morgan fingerprint density at radius 3 is 2.54 bits per heavy atom. The summed E-state index contributed by atoms with van der Waals surface area (Å²) in [4.78, 5) is -0.0540. The fraction of sp³-hybridized carbons (Fsp3) is 0.818. The zero-order valence-corrected chi connectivity index (χ0v) is 9.95. The SMILES string of the molecule is COC/C=C(\C)CCCC(C)(C)Cl. The van der Waals surface area contributed by atoms with Crippen molar-refractivity contribution in [3.63, 3.8) is 0 Å². The number of alkyl halides is 1. The van der Waals surface area contributed by atoms with Gasteiger partial charge in [-0.3, -0.25) is 0 Å². The smallest absolute Gasteiger partial charge is 0.0646 e. The van der Waals surface area contributed by atoms with Crippen molar-refractivity contribution < 1.29 is 4.74 Å². The van der Waals surface area contributed by atoms with Gasteiger partial charge in [0.2, 0.25) is 0 Å². The zero-order valence-electron chi connectivity index (χ0n) is 9.19. The van der Waals surface area contributed by atoms with E-state index < -0.39 is 0 Å². The lowest BCUT2D eigenvalue weighted by Crippen LogP contribution is -2.09. The van der Waals surface area contributed by atoms with E-state index in [9.17, 15) is 0 Å². The van der Waals surface area contributed by atoms with Gasteiger partial charge in [-0.05, 0) is 40.0 Å². The highest BCUT2D eigenvalue weighted by Crippen LogP contribution is 2.21. The van der Waals surface area contributed by atoms with Crippen molar-refractivity contribution in [3.05, 3.63) is 11.6 Å². The van der Waals surface area contributed by atoms with Crippen LogP contribution in [0.4, 0.5) is 0 Å². The first-order valence-corrected chi connectivity index (χ1v) is 5.17. The number of halogens is 1. The molecule has 0 unspecified atom stereocenters. The van der Waals surface area contributed by atoms with E-state index in [0.29, 0.717) is 0 Å². The van der Waals surface area contributed by atoms with E-state index in [-0.39, 0.29) is 4.87 Å². The zero-order chi connectivity index (χ0) is 10.3. The van der Waals surface area contributed by atoms with Gasteiger partial charge in [0.1, 0.15) is 0 Å². The predicted molar refractivity (Wildman–Crippen MR) is 59.4 cm³/mol. The van der Waals surface area contributed by atoms with Crippen LogP contribution in [0.1, 0.15) is 40.0 Å². The van der Waals surface area contributed by atoms with Crippen molar-refractivity contribution in [2.75, 3.05) is 13.7 Å². The van der Waals surface area contributed by atoms with Gasteiger partial charge in [0.05, 0.1) is 6.61 Å². The summed E-state index contributed by atoms with van der Waals surface area (Å²) in [6.45, 7) is 6.97.